The number of hydrogen-bond donors (Lipinski definition) is 5. The average molecular weight is 511 g/mol. The van der Waals surface area contributed by atoms with Crippen molar-refractivity contribution in [3.05, 3.63) is 46.0 Å². The molecular formula is C14H15AsINO5S. The van der Waals surface area contributed by atoms with E-state index in [1.165, 1.54) is 16.6 Å². The molecule has 2 aromatic carbocycles. The molecule has 0 fully saturated rings. The first kappa shape index (κ1) is 20.1. The fourth-order valence-corrected chi connectivity index (χ4v) is 3.38. The van der Waals surface area contributed by atoms with Crippen LogP contribution in [0.3, 0.4) is 0 Å². The van der Waals surface area contributed by atoms with E-state index >= 15 is 0 Å². The van der Waals surface area contributed by atoms with Gasteiger partial charge in [0.15, 0.2) is 0 Å². The predicted octanol–water partition coefficient (Wildman–Crippen LogP) is 1.49. The summed E-state index contributed by atoms with van der Waals surface area (Å²) in [4.78, 5) is 11.7. The van der Waals surface area contributed by atoms with Crippen molar-refractivity contribution < 1.29 is 21.8 Å². The monoisotopic (exact) mass is 511 g/mol. The van der Waals surface area contributed by atoms with Crippen molar-refractivity contribution in [2.75, 3.05) is 5.32 Å². The number of carbonyl (C=O) groups excluding carboxylic acids is 1. The minimum atomic E-state index is -5.09. The summed E-state index contributed by atoms with van der Waals surface area (Å²) in [5, 5.41) is 11.7. The van der Waals surface area contributed by atoms with Crippen LogP contribution in [0.1, 0.15) is 6.92 Å². The Kier molecular flexibility index (Phi) is 7.69. The molecule has 1 amide bonds. The van der Waals surface area contributed by atoms with Gasteiger partial charge in [0.25, 0.3) is 0 Å². The standard InChI is InChI=1S/C8H10AsNO5.C6H5IS/c1-5(11)10-6-2-3-7(8(12)4-6)9(13,14)15;7-5-3-1-2-4-6(5)8/h2-4,12H,1H3,(H,10,11)(H2,13,14,15);1-4,8H. The van der Waals surface area contributed by atoms with Gasteiger partial charge in [-0.05, 0) is 34.7 Å². The van der Waals surface area contributed by atoms with E-state index in [0.29, 0.717) is 0 Å². The van der Waals surface area contributed by atoms with Gasteiger partial charge in [-0.3, -0.25) is 0 Å². The molecule has 0 heterocycles. The Morgan fingerprint density at radius 3 is 2.22 bits per heavy atom. The van der Waals surface area contributed by atoms with Gasteiger partial charge in [-0.1, -0.05) is 12.1 Å². The van der Waals surface area contributed by atoms with E-state index in [1.54, 1.807) is 0 Å². The van der Waals surface area contributed by atoms with E-state index in [2.05, 4.69) is 40.5 Å². The van der Waals surface area contributed by atoms with Crippen LogP contribution in [-0.2, 0) is 8.53 Å². The Hall–Kier alpha value is -0.932. The molecule has 0 aliphatic carbocycles. The van der Waals surface area contributed by atoms with E-state index in [9.17, 15) is 13.6 Å². The molecule has 6 nitrogen and oxygen atoms in total. The van der Waals surface area contributed by atoms with Crippen LogP contribution < -0.4 is 9.67 Å². The van der Waals surface area contributed by atoms with Crippen molar-refractivity contribution in [3.63, 3.8) is 0 Å². The van der Waals surface area contributed by atoms with Crippen LogP contribution in [0.25, 0.3) is 0 Å². The summed E-state index contributed by atoms with van der Waals surface area (Å²) in [6.45, 7) is 1.29. The molecule has 0 aliphatic rings. The van der Waals surface area contributed by atoms with E-state index in [-0.39, 0.29) is 11.6 Å². The van der Waals surface area contributed by atoms with Crippen LogP contribution in [0.4, 0.5) is 5.69 Å². The molecule has 0 aromatic heterocycles. The molecule has 0 atom stereocenters. The number of phenolic OH excluding ortho intramolecular Hbond substituents is 1. The molecule has 23 heavy (non-hydrogen) atoms. The fraction of sp³-hybridized carbons (Fsp3) is 0.0714. The molecule has 4 N–H and O–H groups in total. The summed E-state index contributed by atoms with van der Waals surface area (Å²) in [7, 11) is 0. The normalized spacial score (nSPS) is 10.5. The van der Waals surface area contributed by atoms with Crippen LogP contribution in [0.5, 0.6) is 5.75 Å². The first-order chi connectivity index (χ1) is 10.6. The zero-order valence-corrected chi connectivity index (χ0v) is 16.9. The summed E-state index contributed by atoms with van der Waals surface area (Å²) in [6, 6.07) is 11.5. The summed E-state index contributed by atoms with van der Waals surface area (Å²) >= 11 is 1.35. The molecule has 2 aromatic rings. The van der Waals surface area contributed by atoms with Crippen molar-refractivity contribution >= 4 is 65.3 Å². The van der Waals surface area contributed by atoms with E-state index in [0.717, 1.165) is 17.0 Å². The fourth-order valence-electron chi connectivity index (χ4n) is 1.50. The van der Waals surface area contributed by atoms with Gasteiger partial charge in [0.2, 0.25) is 0 Å². The minimum Gasteiger partial charge on any atom is -0.142 e. The number of thiol groups is 1. The molecule has 0 saturated carbocycles. The van der Waals surface area contributed by atoms with Crippen LogP contribution in [0, 0.1) is 3.57 Å². The zero-order valence-electron chi connectivity index (χ0n) is 12.0. The maximum atomic E-state index is 10.9. The quantitative estimate of drug-likeness (QED) is 0.239. The van der Waals surface area contributed by atoms with E-state index in [1.807, 2.05) is 24.3 Å². The Morgan fingerprint density at radius 1 is 1.22 bits per heavy atom. The van der Waals surface area contributed by atoms with E-state index < -0.39 is 24.3 Å². The number of benzene rings is 2. The second-order valence-corrected chi connectivity index (χ2v) is 9.32. The number of rotatable bonds is 2. The van der Waals surface area contributed by atoms with Crippen molar-refractivity contribution in [2.45, 2.75) is 11.8 Å². The van der Waals surface area contributed by atoms with E-state index in [4.69, 9.17) is 8.19 Å². The predicted molar refractivity (Wildman–Crippen MR) is 99.3 cm³/mol. The Morgan fingerprint density at radius 2 is 1.83 bits per heavy atom. The molecule has 9 heteroatoms. The van der Waals surface area contributed by atoms with Crippen LogP contribution >= 0.6 is 35.2 Å². The molecule has 0 aliphatic heterocycles. The molecule has 0 bridgehead atoms. The number of nitrogens with one attached hydrogen (secondary N) is 1. The Labute approximate surface area is 155 Å². The number of hydrogen-bond acceptors (Lipinski definition) is 4. The number of phenols is 1. The van der Waals surface area contributed by atoms with Gasteiger partial charge < -0.3 is 0 Å². The smallest absolute Gasteiger partial charge is 0.0263 e. The maximum absolute atomic E-state index is 10.9. The molecule has 2 rings (SSSR count). The van der Waals surface area contributed by atoms with Crippen molar-refractivity contribution in [2.24, 2.45) is 0 Å². The Balaban J connectivity index is 0.000000277. The first-order valence-electron chi connectivity index (χ1n) is 6.21. The van der Waals surface area contributed by atoms with Crippen LogP contribution in [0.15, 0.2) is 47.4 Å². The third-order valence-electron chi connectivity index (χ3n) is 2.46. The minimum absolute atomic E-state index is 0.285. The van der Waals surface area contributed by atoms with Crippen molar-refractivity contribution in [1.29, 1.82) is 0 Å². The van der Waals surface area contributed by atoms with Gasteiger partial charge in [-0.2, -0.15) is 0 Å². The second kappa shape index (κ2) is 8.79. The first-order valence-corrected chi connectivity index (χ1v) is 11.1. The van der Waals surface area contributed by atoms with Gasteiger partial charge in [-0.15, -0.1) is 12.6 Å². The van der Waals surface area contributed by atoms with Gasteiger partial charge in [0.05, 0.1) is 0 Å². The molecule has 124 valence electrons. The summed E-state index contributed by atoms with van der Waals surface area (Å²) < 4.78 is 29.4. The SMILES string of the molecule is CC(=O)Nc1ccc([As](=O)(O)O)c(O)c1.Sc1ccccc1I. The molecule has 0 saturated heterocycles. The second-order valence-electron chi connectivity index (χ2n) is 4.38. The van der Waals surface area contributed by atoms with Gasteiger partial charge >= 0.3 is 88.1 Å². The van der Waals surface area contributed by atoms with Crippen LogP contribution in [-0.4, -0.2) is 33.4 Å². The summed E-state index contributed by atoms with van der Waals surface area (Å²) in [5.74, 6) is -0.850. The summed E-state index contributed by atoms with van der Waals surface area (Å²) in [5.41, 5.74) is 0.285. The number of carbonyl (C=O) groups is 1. The van der Waals surface area contributed by atoms with Crippen molar-refractivity contribution in [3.8, 4) is 5.75 Å². The molecule has 0 spiro atoms. The van der Waals surface area contributed by atoms with Gasteiger partial charge in [-0.25, -0.2) is 0 Å². The van der Waals surface area contributed by atoms with Gasteiger partial charge in [0.1, 0.15) is 0 Å². The number of amides is 1. The van der Waals surface area contributed by atoms with Crippen LogP contribution in [0.2, 0.25) is 0 Å². The average Bonchev–Trinajstić information content (AvgIpc) is 2.41. The third-order valence-corrected chi connectivity index (χ3v) is 6.33. The molecule has 0 radical (unpaired) electrons. The molecule has 0 unspecified atom stereocenters. The maximum Gasteiger partial charge on any atom is 0.0263 e. The number of aromatic hydroxyl groups is 1. The van der Waals surface area contributed by atoms with Crippen molar-refractivity contribution in [1.82, 2.24) is 0 Å². The topological polar surface area (TPSA) is 107 Å². The number of halogens is 1. The Bertz CT molecular complexity index is 729. The largest absolute Gasteiger partial charge is 0.142 e. The third kappa shape index (κ3) is 7.01. The number of anilines is 1. The summed E-state index contributed by atoms with van der Waals surface area (Å²) in [6.07, 6.45) is 0. The zero-order chi connectivity index (χ0) is 17.6. The van der Waals surface area contributed by atoms with Gasteiger partial charge in [0, 0.05) is 8.47 Å². The molecular weight excluding hydrogens is 496 g/mol.